The molecule has 1 fully saturated rings. The van der Waals surface area contributed by atoms with E-state index in [2.05, 4.69) is 11.4 Å². The third kappa shape index (κ3) is 2.70. The van der Waals surface area contributed by atoms with Crippen LogP contribution in [0.2, 0.25) is 0 Å². The van der Waals surface area contributed by atoms with E-state index < -0.39 is 5.54 Å². The van der Waals surface area contributed by atoms with Crippen LogP contribution in [0.15, 0.2) is 18.2 Å². The van der Waals surface area contributed by atoms with Gasteiger partial charge in [-0.05, 0) is 44.0 Å². The van der Waals surface area contributed by atoms with Gasteiger partial charge in [0, 0.05) is 24.1 Å². The summed E-state index contributed by atoms with van der Waals surface area (Å²) < 4.78 is 5.67. The van der Waals surface area contributed by atoms with E-state index in [9.17, 15) is 4.79 Å². The topological polar surface area (TPSA) is 64.3 Å². The Morgan fingerprint density at radius 2 is 1.90 bits per heavy atom. The molecule has 1 aromatic carbocycles. The van der Waals surface area contributed by atoms with Crippen molar-refractivity contribution in [1.82, 2.24) is 0 Å². The van der Waals surface area contributed by atoms with Crippen molar-refractivity contribution in [3.05, 3.63) is 29.3 Å². The molecule has 1 aliphatic carbocycles. The van der Waals surface area contributed by atoms with Gasteiger partial charge in [-0.15, -0.1) is 0 Å². The molecule has 0 saturated heterocycles. The molecule has 4 heteroatoms. The number of amides is 1. The van der Waals surface area contributed by atoms with E-state index in [1.807, 2.05) is 46.8 Å². The minimum atomic E-state index is -0.884. The van der Waals surface area contributed by atoms with Gasteiger partial charge in [0.25, 0.3) is 0 Å². The zero-order valence-corrected chi connectivity index (χ0v) is 13.6. The molecule has 2 atom stereocenters. The van der Waals surface area contributed by atoms with Crippen LogP contribution >= 0.6 is 0 Å². The average molecular weight is 290 g/mol. The maximum absolute atomic E-state index is 12.6. The first kappa shape index (κ1) is 16.0. The van der Waals surface area contributed by atoms with Gasteiger partial charge in [-0.3, -0.25) is 4.79 Å². The highest BCUT2D eigenvalue weighted by Crippen LogP contribution is 2.50. The van der Waals surface area contributed by atoms with Gasteiger partial charge in [-0.1, -0.05) is 19.9 Å². The van der Waals surface area contributed by atoms with Crippen molar-refractivity contribution in [3.63, 3.8) is 0 Å². The quantitative estimate of drug-likeness (QED) is 0.896. The first-order valence-electron chi connectivity index (χ1n) is 7.51. The van der Waals surface area contributed by atoms with Crippen LogP contribution in [-0.2, 0) is 9.53 Å². The second-order valence-electron chi connectivity index (χ2n) is 6.67. The zero-order valence-electron chi connectivity index (χ0n) is 13.6. The van der Waals surface area contributed by atoms with Crippen LogP contribution in [-0.4, -0.2) is 24.2 Å². The molecule has 0 spiro atoms. The van der Waals surface area contributed by atoms with E-state index in [0.29, 0.717) is 13.0 Å². The van der Waals surface area contributed by atoms with Gasteiger partial charge in [-0.2, -0.15) is 0 Å². The average Bonchev–Trinajstić information content (AvgIpc) is 2.36. The Hall–Kier alpha value is -1.39. The fourth-order valence-electron chi connectivity index (χ4n) is 3.11. The molecule has 116 valence electrons. The molecule has 1 aliphatic rings. The molecule has 0 radical (unpaired) electrons. The molecule has 1 saturated carbocycles. The Morgan fingerprint density at radius 1 is 1.33 bits per heavy atom. The highest BCUT2D eigenvalue weighted by atomic mass is 16.5. The van der Waals surface area contributed by atoms with Gasteiger partial charge in [-0.25, -0.2) is 0 Å². The number of carbonyl (C=O) groups is 1. The Kier molecular flexibility index (Phi) is 4.13. The minimum absolute atomic E-state index is 0.0393. The summed E-state index contributed by atoms with van der Waals surface area (Å²) in [6.45, 7) is 10.6. The number of ether oxygens (including phenoxy) is 1. The second kappa shape index (κ2) is 5.43. The Bertz CT molecular complexity index is 533. The third-order valence-corrected chi connectivity index (χ3v) is 4.71. The fourth-order valence-corrected chi connectivity index (χ4v) is 3.11. The standard InChI is InChI=1S/C17H26N2O2/c1-6-21-14-10-17(18,16(14,4)5)15(20)19-13-8-11(2)7-12(3)9-13/h7-9,14H,6,10,18H2,1-5H3,(H,19,20). The van der Waals surface area contributed by atoms with Crippen molar-refractivity contribution in [1.29, 1.82) is 0 Å². The fraction of sp³-hybridized carbons (Fsp3) is 0.588. The van der Waals surface area contributed by atoms with E-state index in [4.69, 9.17) is 10.5 Å². The Morgan fingerprint density at radius 3 is 2.38 bits per heavy atom. The summed E-state index contributed by atoms with van der Waals surface area (Å²) in [5.41, 5.74) is 8.17. The molecule has 2 unspecified atom stereocenters. The lowest BCUT2D eigenvalue weighted by molar-refractivity contribution is -0.166. The van der Waals surface area contributed by atoms with Gasteiger partial charge < -0.3 is 15.8 Å². The number of hydrogen-bond acceptors (Lipinski definition) is 3. The number of benzene rings is 1. The van der Waals surface area contributed by atoms with E-state index in [1.54, 1.807) is 0 Å². The number of anilines is 1. The summed E-state index contributed by atoms with van der Waals surface area (Å²) in [5, 5.41) is 2.96. The van der Waals surface area contributed by atoms with Gasteiger partial charge in [0.15, 0.2) is 0 Å². The molecule has 3 N–H and O–H groups in total. The number of nitrogens with two attached hydrogens (primary N) is 1. The summed E-state index contributed by atoms with van der Waals surface area (Å²) in [6, 6.07) is 5.99. The van der Waals surface area contributed by atoms with Crippen LogP contribution in [0.3, 0.4) is 0 Å². The Balaban J connectivity index is 2.14. The second-order valence-corrected chi connectivity index (χ2v) is 6.67. The van der Waals surface area contributed by atoms with E-state index in [0.717, 1.165) is 16.8 Å². The molecule has 21 heavy (non-hydrogen) atoms. The number of hydrogen-bond donors (Lipinski definition) is 2. The van der Waals surface area contributed by atoms with Crippen LogP contribution in [0.4, 0.5) is 5.69 Å². The van der Waals surface area contributed by atoms with E-state index in [1.165, 1.54) is 0 Å². The molecule has 0 bridgehead atoms. The third-order valence-electron chi connectivity index (χ3n) is 4.71. The number of rotatable bonds is 4. The van der Waals surface area contributed by atoms with Gasteiger partial charge in [0.2, 0.25) is 5.91 Å². The lowest BCUT2D eigenvalue weighted by Crippen LogP contribution is -2.74. The maximum atomic E-state index is 12.6. The van der Waals surface area contributed by atoms with Crippen LogP contribution in [0.1, 0.15) is 38.3 Å². The first-order chi connectivity index (χ1) is 9.70. The van der Waals surface area contributed by atoms with Crippen LogP contribution < -0.4 is 11.1 Å². The molecule has 1 aromatic rings. The van der Waals surface area contributed by atoms with Crippen molar-refractivity contribution in [2.75, 3.05) is 11.9 Å². The van der Waals surface area contributed by atoms with Crippen LogP contribution in [0.5, 0.6) is 0 Å². The molecule has 0 heterocycles. The van der Waals surface area contributed by atoms with E-state index >= 15 is 0 Å². The number of carbonyl (C=O) groups excluding carboxylic acids is 1. The van der Waals surface area contributed by atoms with Crippen LogP contribution in [0, 0.1) is 19.3 Å². The normalized spacial score (nSPS) is 27.0. The summed E-state index contributed by atoms with van der Waals surface area (Å²) in [5.74, 6) is -0.131. The van der Waals surface area contributed by atoms with Gasteiger partial charge in [0.1, 0.15) is 5.54 Å². The monoisotopic (exact) mass is 290 g/mol. The van der Waals surface area contributed by atoms with Crippen molar-refractivity contribution >= 4 is 11.6 Å². The molecule has 0 aromatic heterocycles. The largest absolute Gasteiger partial charge is 0.378 e. The van der Waals surface area contributed by atoms with Gasteiger partial charge >= 0.3 is 0 Å². The smallest absolute Gasteiger partial charge is 0.245 e. The first-order valence-corrected chi connectivity index (χ1v) is 7.51. The lowest BCUT2D eigenvalue weighted by Gasteiger charge is -2.57. The predicted molar refractivity (Wildman–Crippen MR) is 85.3 cm³/mol. The van der Waals surface area contributed by atoms with Crippen molar-refractivity contribution < 1.29 is 9.53 Å². The predicted octanol–water partition coefficient (Wildman–Crippen LogP) is 2.77. The highest BCUT2D eigenvalue weighted by molar-refractivity contribution is 5.99. The zero-order chi connectivity index (χ0) is 15.8. The summed E-state index contributed by atoms with van der Waals surface area (Å²) in [6.07, 6.45) is 0.599. The lowest BCUT2D eigenvalue weighted by atomic mass is 9.54. The van der Waals surface area contributed by atoms with Crippen molar-refractivity contribution in [3.8, 4) is 0 Å². The van der Waals surface area contributed by atoms with Crippen molar-refractivity contribution in [2.45, 2.75) is 52.7 Å². The maximum Gasteiger partial charge on any atom is 0.245 e. The SMILES string of the molecule is CCOC1CC(N)(C(=O)Nc2cc(C)cc(C)c2)C1(C)C. The molecular formula is C17H26N2O2. The molecule has 0 aliphatic heterocycles. The summed E-state index contributed by atoms with van der Waals surface area (Å²) in [7, 11) is 0. The highest BCUT2D eigenvalue weighted by Gasteiger charge is 2.62. The van der Waals surface area contributed by atoms with Gasteiger partial charge in [0.05, 0.1) is 6.10 Å². The molecular weight excluding hydrogens is 264 g/mol. The number of nitrogens with one attached hydrogen (secondary N) is 1. The number of aryl methyl sites for hydroxylation is 2. The summed E-state index contributed by atoms with van der Waals surface area (Å²) >= 11 is 0. The summed E-state index contributed by atoms with van der Waals surface area (Å²) in [4.78, 5) is 12.6. The Labute approximate surface area is 127 Å². The molecule has 2 rings (SSSR count). The molecule has 1 amide bonds. The minimum Gasteiger partial charge on any atom is -0.378 e. The van der Waals surface area contributed by atoms with Crippen LogP contribution in [0.25, 0.3) is 0 Å². The van der Waals surface area contributed by atoms with Crippen molar-refractivity contribution in [2.24, 2.45) is 11.1 Å². The van der Waals surface area contributed by atoms with E-state index in [-0.39, 0.29) is 17.4 Å². The molecule has 4 nitrogen and oxygen atoms in total.